The second-order valence-electron chi connectivity index (χ2n) is 6.33. The van der Waals surface area contributed by atoms with E-state index in [9.17, 15) is 0 Å². The van der Waals surface area contributed by atoms with E-state index >= 15 is 0 Å². The molecule has 3 rings (SSSR count). The largest absolute Gasteiger partial charge is 0.372 e. The topological polar surface area (TPSA) is 40.2 Å². The van der Waals surface area contributed by atoms with Gasteiger partial charge in [0.05, 0.1) is 6.04 Å². The second-order valence-corrected chi connectivity index (χ2v) is 6.73. The molecule has 1 saturated heterocycles. The minimum absolute atomic E-state index is 0.142. The zero-order valence-electron chi connectivity index (χ0n) is 14.2. The molecule has 2 N–H and O–H groups in total. The third-order valence-corrected chi connectivity index (χ3v) is 4.58. The fraction of sp³-hybridized carbons (Fsp3) is 0.368. The van der Waals surface area contributed by atoms with Gasteiger partial charge in [0.2, 0.25) is 0 Å². The summed E-state index contributed by atoms with van der Waals surface area (Å²) in [6.07, 6.45) is 4.42. The van der Waals surface area contributed by atoms with Crippen molar-refractivity contribution in [1.82, 2.24) is 10.3 Å². The zero-order chi connectivity index (χ0) is 16.9. The molecule has 126 valence electrons. The summed E-state index contributed by atoms with van der Waals surface area (Å²) in [5, 5.41) is 7.03. The highest BCUT2D eigenvalue weighted by Gasteiger charge is 2.13. The maximum atomic E-state index is 5.39. The van der Waals surface area contributed by atoms with Crippen LogP contribution in [0.4, 0.5) is 11.5 Å². The summed E-state index contributed by atoms with van der Waals surface area (Å²) in [6.45, 7) is 6.47. The molecule has 1 aliphatic heterocycles. The van der Waals surface area contributed by atoms with Gasteiger partial charge in [-0.1, -0.05) is 18.2 Å². The Hall–Kier alpha value is -2.14. The average Bonchev–Trinajstić information content (AvgIpc) is 3.11. The number of aryl methyl sites for hydroxylation is 1. The van der Waals surface area contributed by atoms with Gasteiger partial charge in [0.25, 0.3) is 0 Å². The van der Waals surface area contributed by atoms with Gasteiger partial charge >= 0.3 is 0 Å². The fourth-order valence-electron chi connectivity index (χ4n) is 2.92. The van der Waals surface area contributed by atoms with Gasteiger partial charge in [0.1, 0.15) is 5.82 Å². The van der Waals surface area contributed by atoms with E-state index in [2.05, 4.69) is 51.7 Å². The summed E-state index contributed by atoms with van der Waals surface area (Å²) in [5.41, 5.74) is 3.66. The zero-order valence-corrected chi connectivity index (χ0v) is 15.1. The molecule has 24 heavy (non-hydrogen) atoms. The highest BCUT2D eigenvalue weighted by molar-refractivity contribution is 7.80. The Kier molecular flexibility index (Phi) is 5.30. The lowest BCUT2D eigenvalue weighted by molar-refractivity contribution is 0.722. The first kappa shape index (κ1) is 16.7. The number of hydrogen-bond donors (Lipinski definition) is 2. The normalized spacial score (nSPS) is 15.2. The van der Waals surface area contributed by atoms with Gasteiger partial charge in [-0.2, -0.15) is 0 Å². The van der Waals surface area contributed by atoms with Crippen molar-refractivity contribution in [2.24, 2.45) is 0 Å². The molecule has 1 fully saturated rings. The Balaban J connectivity index is 1.56. The Bertz CT molecular complexity index is 676. The Labute approximate surface area is 149 Å². The summed E-state index contributed by atoms with van der Waals surface area (Å²) in [5.74, 6) is 0.759. The number of anilines is 2. The van der Waals surface area contributed by atoms with Crippen molar-refractivity contribution in [3.63, 3.8) is 0 Å². The third-order valence-electron chi connectivity index (χ3n) is 4.36. The van der Waals surface area contributed by atoms with Crippen LogP contribution < -0.4 is 15.5 Å². The lowest BCUT2D eigenvalue weighted by atomic mass is 10.1. The van der Waals surface area contributed by atoms with E-state index in [-0.39, 0.29) is 6.04 Å². The molecule has 0 aliphatic carbocycles. The van der Waals surface area contributed by atoms with Gasteiger partial charge in [0, 0.05) is 25.0 Å². The first-order valence-corrected chi connectivity index (χ1v) is 8.88. The molecule has 1 aromatic heterocycles. The van der Waals surface area contributed by atoms with E-state index in [4.69, 9.17) is 12.2 Å². The maximum Gasteiger partial charge on any atom is 0.172 e. The molecule has 0 unspecified atom stereocenters. The Morgan fingerprint density at radius 2 is 1.83 bits per heavy atom. The Morgan fingerprint density at radius 1 is 1.12 bits per heavy atom. The molecule has 0 bridgehead atoms. The minimum Gasteiger partial charge on any atom is -0.372 e. The van der Waals surface area contributed by atoms with Crippen molar-refractivity contribution < 1.29 is 0 Å². The van der Waals surface area contributed by atoms with Crippen LogP contribution in [-0.2, 0) is 0 Å². The number of nitrogens with one attached hydrogen (secondary N) is 2. The minimum atomic E-state index is 0.142. The van der Waals surface area contributed by atoms with Crippen molar-refractivity contribution in [3.8, 4) is 0 Å². The van der Waals surface area contributed by atoms with Gasteiger partial charge in [0.15, 0.2) is 5.11 Å². The van der Waals surface area contributed by atoms with Gasteiger partial charge < -0.3 is 15.5 Å². The van der Waals surface area contributed by atoms with E-state index in [1.54, 1.807) is 0 Å². The molecular formula is C19H24N4S. The summed E-state index contributed by atoms with van der Waals surface area (Å²) in [7, 11) is 0. The molecule has 0 saturated carbocycles. The number of nitrogens with zero attached hydrogens (tertiary/aromatic N) is 2. The number of pyridine rings is 1. The van der Waals surface area contributed by atoms with E-state index in [0.29, 0.717) is 5.11 Å². The third kappa shape index (κ3) is 4.23. The van der Waals surface area contributed by atoms with Crippen LogP contribution in [0.3, 0.4) is 0 Å². The van der Waals surface area contributed by atoms with Crippen molar-refractivity contribution in [1.29, 1.82) is 0 Å². The molecule has 1 aromatic carbocycles. The van der Waals surface area contributed by atoms with Gasteiger partial charge in [-0.05, 0) is 68.2 Å². The molecule has 2 heterocycles. The van der Waals surface area contributed by atoms with Crippen LogP contribution in [0, 0.1) is 6.92 Å². The molecule has 0 amide bonds. The Morgan fingerprint density at radius 3 is 2.46 bits per heavy atom. The molecule has 1 aliphatic rings. The standard InChI is InChI=1S/C19H24N4S/c1-14-5-10-18(20-13-14)22-19(24)21-15(2)16-6-8-17(9-7-16)23-11-3-4-12-23/h5-10,13,15H,3-4,11-12H2,1-2H3,(H2,20,21,22,24)/t15-/m1/s1. The first-order valence-electron chi connectivity index (χ1n) is 8.47. The van der Waals surface area contributed by atoms with Crippen molar-refractivity contribution >= 4 is 28.8 Å². The lowest BCUT2D eigenvalue weighted by Gasteiger charge is -2.20. The molecule has 1 atom stereocenters. The second kappa shape index (κ2) is 7.62. The van der Waals surface area contributed by atoms with Crippen LogP contribution in [0.1, 0.15) is 36.9 Å². The van der Waals surface area contributed by atoms with Crippen LogP contribution in [0.15, 0.2) is 42.6 Å². The number of hydrogen-bond acceptors (Lipinski definition) is 3. The summed E-state index contributed by atoms with van der Waals surface area (Å²) in [4.78, 5) is 6.75. The van der Waals surface area contributed by atoms with Gasteiger partial charge in [-0.3, -0.25) is 0 Å². The molecule has 2 aromatic rings. The highest BCUT2D eigenvalue weighted by atomic mass is 32.1. The lowest BCUT2D eigenvalue weighted by Crippen LogP contribution is -2.31. The van der Waals surface area contributed by atoms with Crippen molar-refractivity contribution in [3.05, 3.63) is 53.7 Å². The van der Waals surface area contributed by atoms with E-state index in [1.165, 1.54) is 37.2 Å². The monoisotopic (exact) mass is 340 g/mol. The molecule has 4 nitrogen and oxygen atoms in total. The number of benzene rings is 1. The summed E-state index contributed by atoms with van der Waals surface area (Å²) < 4.78 is 0. The first-order chi connectivity index (χ1) is 11.6. The van der Waals surface area contributed by atoms with Crippen LogP contribution in [0.25, 0.3) is 0 Å². The van der Waals surface area contributed by atoms with Crippen LogP contribution >= 0.6 is 12.2 Å². The molecular weight excluding hydrogens is 316 g/mol. The van der Waals surface area contributed by atoms with Crippen molar-refractivity contribution in [2.45, 2.75) is 32.7 Å². The number of aromatic nitrogens is 1. The SMILES string of the molecule is Cc1ccc(NC(=S)N[C@H](C)c2ccc(N3CCCC3)cc2)nc1. The molecule has 0 spiro atoms. The predicted molar refractivity (Wildman–Crippen MR) is 105 cm³/mol. The average molecular weight is 340 g/mol. The van der Waals surface area contributed by atoms with Gasteiger partial charge in [-0.25, -0.2) is 4.98 Å². The smallest absolute Gasteiger partial charge is 0.172 e. The quantitative estimate of drug-likeness (QED) is 0.822. The van der Waals surface area contributed by atoms with Crippen LogP contribution in [-0.4, -0.2) is 23.2 Å². The van der Waals surface area contributed by atoms with E-state index in [1.807, 2.05) is 25.3 Å². The highest BCUT2D eigenvalue weighted by Crippen LogP contribution is 2.22. The summed E-state index contributed by atoms with van der Waals surface area (Å²) in [6, 6.07) is 12.9. The predicted octanol–water partition coefficient (Wildman–Crippen LogP) is 4.04. The maximum absolute atomic E-state index is 5.39. The van der Waals surface area contributed by atoms with Gasteiger partial charge in [-0.15, -0.1) is 0 Å². The molecule has 0 radical (unpaired) electrons. The van der Waals surface area contributed by atoms with E-state index < -0.39 is 0 Å². The van der Waals surface area contributed by atoms with Crippen molar-refractivity contribution in [2.75, 3.05) is 23.3 Å². The van der Waals surface area contributed by atoms with Crippen LogP contribution in [0.2, 0.25) is 0 Å². The number of thiocarbonyl (C=S) groups is 1. The fourth-order valence-corrected chi connectivity index (χ4v) is 3.20. The van der Waals surface area contributed by atoms with Crippen LogP contribution in [0.5, 0.6) is 0 Å². The molecule has 5 heteroatoms. The van der Waals surface area contributed by atoms with E-state index in [0.717, 1.165) is 11.4 Å². The number of rotatable bonds is 4. The summed E-state index contributed by atoms with van der Waals surface area (Å²) >= 11 is 5.39.